The van der Waals surface area contributed by atoms with Gasteiger partial charge in [-0.15, -0.1) is 11.3 Å². The SMILES string of the molecule is O=C(/C=N/Nc1nc(-c2cccs2)ns1)NCCCCCCCNc1ccnc2cc(Cl)ccc12. The van der Waals surface area contributed by atoms with Crippen molar-refractivity contribution in [1.29, 1.82) is 0 Å². The number of aromatic nitrogens is 3. The average molecular weight is 528 g/mol. The maximum atomic E-state index is 11.9. The van der Waals surface area contributed by atoms with Crippen molar-refractivity contribution in [3.8, 4) is 10.7 Å². The van der Waals surface area contributed by atoms with Crippen molar-refractivity contribution in [3.63, 3.8) is 0 Å². The Bertz CT molecular complexity index is 1260. The number of rotatable bonds is 13. The Hall–Kier alpha value is -3.08. The second-order valence-corrected chi connectivity index (χ2v) is 9.91. The van der Waals surface area contributed by atoms with Gasteiger partial charge in [0.05, 0.1) is 10.4 Å². The monoisotopic (exact) mass is 527 g/mol. The fourth-order valence-electron chi connectivity index (χ4n) is 3.46. The molecule has 1 amide bonds. The molecule has 3 heterocycles. The molecule has 1 aromatic carbocycles. The predicted octanol–water partition coefficient (Wildman–Crippen LogP) is 6.04. The number of halogens is 1. The van der Waals surface area contributed by atoms with Gasteiger partial charge < -0.3 is 10.6 Å². The number of unbranched alkanes of at least 4 members (excludes halogenated alkanes) is 4. The minimum absolute atomic E-state index is 0.226. The lowest BCUT2D eigenvalue weighted by Gasteiger charge is -2.09. The first-order valence-electron chi connectivity index (χ1n) is 11.4. The number of nitrogens with zero attached hydrogens (tertiary/aromatic N) is 4. The molecule has 0 spiro atoms. The molecular formula is C24H26ClN7OS2. The summed E-state index contributed by atoms with van der Waals surface area (Å²) in [6.07, 6.45) is 8.39. The molecule has 35 heavy (non-hydrogen) atoms. The highest BCUT2D eigenvalue weighted by Crippen LogP contribution is 2.25. The van der Waals surface area contributed by atoms with E-state index in [9.17, 15) is 4.79 Å². The summed E-state index contributed by atoms with van der Waals surface area (Å²) in [5.41, 5.74) is 4.74. The molecule has 11 heteroatoms. The molecule has 0 saturated carbocycles. The minimum atomic E-state index is -0.226. The lowest BCUT2D eigenvalue weighted by molar-refractivity contribution is -0.114. The molecule has 0 radical (unpaired) electrons. The third-order valence-corrected chi connectivity index (χ3v) is 6.90. The van der Waals surface area contributed by atoms with Gasteiger partial charge in [-0.25, -0.2) is 0 Å². The standard InChI is InChI=1S/C24H26ClN7OS2/c25-17-8-9-18-19(10-13-27-20(18)15-17)26-11-4-2-1-3-5-12-28-22(33)16-29-31-24-30-23(32-35-24)21-7-6-14-34-21/h6-10,13-16H,1-5,11-12H2,(H,26,27)(H,28,33)(H,30,31,32)/b29-16+. The molecule has 0 atom stereocenters. The van der Waals surface area contributed by atoms with E-state index >= 15 is 0 Å². The molecule has 4 aromatic rings. The molecule has 0 bridgehead atoms. The number of anilines is 2. The average Bonchev–Trinajstić information content (AvgIpc) is 3.55. The Labute approximate surface area is 217 Å². The van der Waals surface area contributed by atoms with Crippen LogP contribution in [0.25, 0.3) is 21.6 Å². The van der Waals surface area contributed by atoms with Gasteiger partial charge in [-0.3, -0.25) is 15.2 Å². The van der Waals surface area contributed by atoms with E-state index in [-0.39, 0.29) is 5.91 Å². The van der Waals surface area contributed by atoms with Crippen LogP contribution in [0.15, 0.2) is 53.1 Å². The summed E-state index contributed by atoms with van der Waals surface area (Å²) in [4.78, 5) is 21.6. The van der Waals surface area contributed by atoms with Gasteiger partial charge >= 0.3 is 0 Å². The van der Waals surface area contributed by atoms with Crippen molar-refractivity contribution in [2.45, 2.75) is 32.1 Å². The summed E-state index contributed by atoms with van der Waals surface area (Å²) < 4.78 is 4.28. The first-order valence-corrected chi connectivity index (χ1v) is 13.4. The van der Waals surface area contributed by atoms with E-state index in [1.807, 2.05) is 41.8 Å². The highest BCUT2D eigenvalue weighted by Gasteiger charge is 2.06. The third kappa shape index (κ3) is 7.71. The van der Waals surface area contributed by atoms with Gasteiger partial charge in [0.15, 0.2) is 5.82 Å². The van der Waals surface area contributed by atoms with E-state index in [1.54, 1.807) is 17.5 Å². The van der Waals surface area contributed by atoms with Crippen molar-refractivity contribution in [2.75, 3.05) is 23.8 Å². The molecule has 3 aromatic heterocycles. The van der Waals surface area contributed by atoms with Crippen LogP contribution in [0.4, 0.5) is 10.8 Å². The van der Waals surface area contributed by atoms with E-state index in [4.69, 9.17) is 11.6 Å². The molecule has 182 valence electrons. The summed E-state index contributed by atoms with van der Waals surface area (Å²) in [5, 5.41) is 14.6. The van der Waals surface area contributed by atoms with Crippen LogP contribution in [0, 0.1) is 0 Å². The van der Waals surface area contributed by atoms with Gasteiger partial charge in [0.2, 0.25) is 5.13 Å². The van der Waals surface area contributed by atoms with Gasteiger partial charge in [0, 0.05) is 46.9 Å². The molecule has 0 aliphatic carbocycles. The quantitative estimate of drug-likeness (QED) is 0.111. The zero-order valence-electron chi connectivity index (χ0n) is 19.0. The molecule has 8 nitrogen and oxygen atoms in total. The molecule has 0 unspecified atom stereocenters. The first kappa shape index (κ1) is 25.0. The summed E-state index contributed by atoms with van der Waals surface area (Å²) in [7, 11) is 0. The van der Waals surface area contributed by atoms with E-state index in [2.05, 4.69) is 35.5 Å². The van der Waals surface area contributed by atoms with Crippen LogP contribution in [0.3, 0.4) is 0 Å². The smallest absolute Gasteiger partial charge is 0.264 e. The van der Waals surface area contributed by atoms with Crippen molar-refractivity contribution in [2.24, 2.45) is 5.10 Å². The van der Waals surface area contributed by atoms with Gasteiger partial charge in [0.1, 0.15) is 6.21 Å². The zero-order valence-corrected chi connectivity index (χ0v) is 21.4. The van der Waals surface area contributed by atoms with Gasteiger partial charge in [-0.2, -0.15) is 14.5 Å². The Balaban J connectivity index is 1.03. The number of thiophene rings is 1. The molecule has 0 saturated heterocycles. The normalized spacial score (nSPS) is 11.2. The molecule has 4 rings (SSSR count). The van der Waals surface area contributed by atoms with Crippen LogP contribution < -0.4 is 16.1 Å². The summed E-state index contributed by atoms with van der Waals surface area (Å²) in [6, 6.07) is 11.7. The lowest BCUT2D eigenvalue weighted by Crippen LogP contribution is -2.25. The Morgan fingerprint density at radius 2 is 1.94 bits per heavy atom. The predicted molar refractivity (Wildman–Crippen MR) is 147 cm³/mol. The van der Waals surface area contributed by atoms with Crippen LogP contribution in [0.2, 0.25) is 5.02 Å². The maximum absolute atomic E-state index is 11.9. The number of carbonyl (C=O) groups is 1. The number of fused-ring (bicyclic) bond motifs is 1. The Kier molecular flexibility index (Phi) is 9.39. The Morgan fingerprint density at radius 3 is 2.80 bits per heavy atom. The van der Waals surface area contributed by atoms with Crippen LogP contribution in [0.1, 0.15) is 32.1 Å². The Morgan fingerprint density at radius 1 is 1.09 bits per heavy atom. The fraction of sp³-hybridized carbons (Fsp3) is 0.292. The molecule has 0 aliphatic heterocycles. The zero-order chi connectivity index (χ0) is 24.3. The summed E-state index contributed by atoms with van der Waals surface area (Å²) in [6.45, 7) is 1.54. The highest BCUT2D eigenvalue weighted by molar-refractivity contribution is 7.14. The highest BCUT2D eigenvalue weighted by atomic mass is 35.5. The fourth-order valence-corrected chi connectivity index (χ4v) is 4.87. The van der Waals surface area contributed by atoms with E-state index < -0.39 is 0 Å². The van der Waals surface area contributed by atoms with Gasteiger partial charge in [-0.05, 0) is 48.6 Å². The number of hydrazone groups is 1. The lowest BCUT2D eigenvalue weighted by atomic mass is 10.1. The number of carbonyl (C=O) groups excluding carboxylic acids is 1. The largest absolute Gasteiger partial charge is 0.384 e. The first-order chi connectivity index (χ1) is 17.2. The van der Waals surface area contributed by atoms with Crippen molar-refractivity contribution in [1.82, 2.24) is 19.7 Å². The van der Waals surface area contributed by atoms with Crippen molar-refractivity contribution < 1.29 is 4.79 Å². The second kappa shape index (κ2) is 13.1. The van der Waals surface area contributed by atoms with E-state index in [1.165, 1.54) is 17.7 Å². The summed E-state index contributed by atoms with van der Waals surface area (Å²) in [5.74, 6) is 0.440. The molecule has 0 fully saturated rings. The summed E-state index contributed by atoms with van der Waals surface area (Å²) >= 11 is 8.84. The molecular weight excluding hydrogens is 502 g/mol. The van der Waals surface area contributed by atoms with Gasteiger partial charge in [-0.1, -0.05) is 36.9 Å². The number of pyridine rings is 1. The van der Waals surface area contributed by atoms with Crippen LogP contribution in [-0.2, 0) is 4.79 Å². The second-order valence-electron chi connectivity index (χ2n) is 7.78. The minimum Gasteiger partial charge on any atom is -0.384 e. The molecule has 3 N–H and O–H groups in total. The van der Waals surface area contributed by atoms with Crippen molar-refractivity contribution >= 4 is 68.3 Å². The van der Waals surface area contributed by atoms with Gasteiger partial charge in [0.25, 0.3) is 5.91 Å². The topological polar surface area (TPSA) is 104 Å². The number of benzene rings is 1. The number of hydrogen-bond acceptors (Lipinski definition) is 9. The number of amides is 1. The van der Waals surface area contributed by atoms with Crippen LogP contribution in [0.5, 0.6) is 0 Å². The van der Waals surface area contributed by atoms with Crippen LogP contribution >= 0.6 is 34.5 Å². The maximum Gasteiger partial charge on any atom is 0.264 e. The van der Waals surface area contributed by atoms with Crippen LogP contribution in [-0.4, -0.2) is 39.6 Å². The number of hydrogen-bond donors (Lipinski definition) is 3. The third-order valence-electron chi connectivity index (χ3n) is 5.18. The van der Waals surface area contributed by atoms with E-state index in [0.29, 0.717) is 22.5 Å². The van der Waals surface area contributed by atoms with E-state index in [0.717, 1.165) is 60.1 Å². The molecule has 0 aliphatic rings. The number of nitrogens with one attached hydrogen (secondary N) is 3. The van der Waals surface area contributed by atoms with Crippen molar-refractivity contribution in [3.05, 3.63) is 53.0 Å².